The molecule has 1 aromatic heterocycles. The van der Waals surface area contributed by atoms with Gasteiger partial charge in [-0.05, 0) is 94.0 Å². The summed E-state index contributed by atoms with van der Waals surface area (Å²) in [4.78, 5) is 22.5. The molecule has 1 amide bonds. The van der Waals surface area contributed by atoms with Crippen molar-refractivity contribution in [3.05, 3.63) is 18.2 Å². The molecule has 3 heterocycles. The number of amides is 1. The van der Waals surface area contributed by atoms with Crippen LogP contribution in [0.3, 0.4) is 0 Å². The average molecular weight is 383 g/mol. The van der Waals surface area contributed by atoms with Crippen molar-refractivity contribution in [2.24, 2.45) is 23.2 Å². The van der Waals surface area contributed by atoms with E-state index in [1.807, 2.05) is 6.20 Å². The van der Waals surface area contributed by atoms with Gasteiger partial charge < -0.3 is 9.47 Å². The fraction of sp³-hybridized carbons (Fsp3) is 0.826. The third kappa shape index (κ3) is 2.92. The Morgan fingerprint density at radius 1 is 1.04 bits per heavy atom. The Labute approximate surface area is 168 Å². The Hall–Kier alpha value is -1.36. The van der Waals surface area contributed by atoms with Gasteiger partial charge in [-0.25, -0.2) is 4.98 Å². The monoisotopic (exact) mass is 382 g/mol. The first kappa shape index (κ1) is 17.5. The molecule has 6 fully saturated rings. The third-order valence-corrected chi connectivity index (χ3v) is 8.69. The highest BCUT2D eigenvalue weighted by Crippen LogP contribution is 2.60. The summed E-state index contributed by atoms with van der Waals surface area (Å²) < 4.78 is 2.22. The zero-order valence-corrected chi connectivity index (χ0v) is 17.1. The van der Waals surface area contributed by atoms with Gasteiger partial charge in [-0.15, -0.1) is 0 Å². The van der Waals surface area contributed by atoms with Crippen LogP contribution in [-0.4, -0.2) is 57.5 Å². The molecule has 0 N–H and O–H groups in total. The molecule has 0 radical (unpaired) electrons. The Kier molecular flexibility index (Phi) is 4.11. The van der Waals surface area contributed by atoms with E-state index in [2.05, 4.69) is 25.5 Å². The lowest BCUT2D eigenvalue weighted by Gasteiger charge is -2.57. The van der Waals surface area contributed by atoms with E-state index in [9.17, 15) is 4.79 Å². The van der Waals surface area contributed by atoms with Crippen LogP contribution >= 0.6 is 0 Å². The van der Waals surface area contributed by atoms with Crippen LogP contribution in [0, 0.1) is 23.2 Å². The maximum atomic E-state index is 13.3. The minimum atomic E-state index is 0.163. The van der Waals surface area contributed by atoms with Gasteiger partial charge >= 0.3 is 0 Å². The first-order valence-electron chi connectivity index (χ1n) is 11.7. The fourth-order valence-electron chi connectivity index (χ4n) is 7.95. The maximum Gasteiger partial charge on any atom is 0.289 e. The molecule has 0 aromatic carbocycles. The summed E-state index contributed by atoms with van der Waals surface area (Å²) in [5.41, 5.74) is 0.438. The van der Waals surface area contributed by atoms with Crippen LogP contribution in [0.25, 0.3) is 0 Å². The first-order chi connectivity index (χ1) is 13.7. The molecule has 2 aliphatic heterocycles. The molecule has 5 heteroatoms. The van der Waals surface area contributed by atoms with Crippen molar-refractivity contribution in [3.63, 3.8) is 0 Å². The molecule has 1 aromatic rings. The zero-order chi connectivity index (χ0) is 18.7. The Morgan fingerprint density at radius 3 is 2.39 bits per heavy atom. The van der Waals surface area contributed by atoms with Crippen LogP contribution in [0.5, 0.6) is 0 Å². The van der Waals surface area contributed by atoms with Crippen molar-refractivity contribution in [2.75, 3.05) is 26.2 Å². The lowest BCUT2D eigenvalue weighted by atomic mass is 9.49. The summed E-state index contributed by atoms with van der Waals surface area (Å²) in [5.74, 6) is 3.71. The molecule has 2 saturated heterocycles. The number of rotatable bonds is 4. The number of likely N-dealkylation sites (tertiary alicyclic amines) is 2. The van der Waals surface area contributed by atoms with Crippen LogP contribution in [0.1, 0.15) is 68.4 Å². The second-order valence-electron chi connectivity index (χ2n) is 10.7. The fourth-order valence-corrected chi connectivity index (χ4v) is 7.95. The number of hydrogen-bond donors (Lipinski definition) is 0. The predicted octanol–water partition coefficient (Wildman–Crippen LogP) is 3.41. The molecule has 1 atom stereocenters. The van der Waals surface area contributed by atoms with Gasteiger partial charge in [-0.1, -0.05) is 0 Å². The van der Waals surface area contributed by atoms with Crippen molar-refractivity contribution in [1.29, 1.82) is 0 Å². The van der Waals surface area contributed by atoms with Gasteiger partial charge in [-0.2, -0.15) is 0 Å². The van der Waals surface area contributed by atoms with E-state index in [1.165, 1.54) is 64.5 Å². The van der Waals surface area contributed by atoms with Gasteiger partial charge in [0.25, 0.3) is 5.91 Å². The van der Waals surface area contributed by atoms with Crippen LogP contribution in [-0.2, 0) is 6.54 Å². The largest absolute Gasteiger partial charge is 0.334 e. The smallest absolute Gasteiger partial charge is 0.289 e. The van der Waals surface area contributed by atoms with Crippen molar-refractivity contribution in [1.82, 2.24) is 19.4 Å². The average Bonchev–Trinajstić information content (AvgIpc) is 3.41. The zero-order valence-electron chi connectivity index (χ0n) is 17.1. The van der Waals surface area contributed by atoms with E-state index in [1.54, 1.807) is 0 Å². The van der Waals surface area contributed by atoms with Crippen LogP contribution in [0.2, 0.25) is 0 Å². The Morgan fingerprint density at radius 2 is 1.71 bits per heavy atom. The van der Waals surface area contributed by atoms with Crippen molar-refractivity contribution < 1.29 is 4.79 Å². The molecular formula is C23H34N4O. The summed E-state index contributed by atoms with van der Waals surface area (Å²) in [6.45, 7) is 5.23. The second-order valence-corrected chi connectivity index (χ2v) is 10.7. The highest BCUT2D eigenvalue weighted by Gasteiger charge is 2.51. The normalized spacial score (nSPS) is 39.9. The number of aromatic nitrogens is 2. The molecule has 1 unspecified atom stereocenters. The van der Waals surface area contributed by atoms with E-state index in [-0.39, 0.29) is 5.91 Å². The van der Waals surface area contributed by atoms with Crippen molar-refractivity contribution >= 4 is 5.91 Å². The summed E-state index contributed by atoms with van der Waals surface area (Å²) in [7, 11) is 0. The van der Waals surface area contributed by atoms with E-state index in [4.69, 9.17) is 0 Å². The topological polar surface area (TPSA) is 41.4 Å². The van der Waals surface area contributed by atoms with E-state index in [0.29, 0.717) is 17.3 Å². The molecule has 5 nitrogen and oxygen atoms in total. The third-order valence-electron chi connectivity index (χ3n) is 8.69. The Bertz CT molecular complexity index is 714. The molecule has 28 heavy (non-hydrogen) atoms. The van der Waals surface area contributed by atoms with Gasteiger partial charge in [0.2, 0.25) is 0 Å². The number of hydrogen-bond acceptors (Lipinski definition) is 3. The molecule has 6 aliphatic rings. The number of carbonyl (C=O) groups excluding carboxylic acids is 1. The van der Waals surface area contributed by atoms with Gasteiger partial charge in [0.1, 0.15) is 0 Å². The SMILES string of the molecule is O=C(c1nccn1CC12CC3CC(CC(C3)C1)C2)N1CCC(N2CCCC2)C1. The number of carbonyl (C=O) groups is 1. The van der Waals surface area contributed by atoms with E-state index >= 15 is 0 Å². The second kappa shape index (κ2) is 6.58. The van der Waals surface area contributed by atoms with Crippen molar-refractivity contribution in [2.45, 2.75) is 70.4 Å². The highest BCUT2D eigenvalue weighted by atomic mass is 16.2. The standard InChI is InChI=1S/C23H34N4O/c28-22(26-7-3-20(15-26)25-5-1-2-6-25)21-24-4-8-27(21)16-23-12-17-9-18(13-23)11-19(10-17)14-23/h4,8,17-20H,1-3,5-7,9-16H2. The van der Waals surface area contributed by atoms with E-state index < -0.39 is 0 Å². The number of nitrogens with zero attached hydrogens (tertiary/aromatic N) is 4. The van der Waals surface area contributed by atoms with Gasteiger partial charge in [-0.3, -0.25) is 9.69 Å². The quantitative estimate of drug-likeness (QED) is 0.801. The van der Waals surface area contributed by atoms with Crippen LogP contribution in [0.15, 0.2) is 12.4 Å². The maximum absolute atomic E-state index is 13.3. The molecule has 4 aliphatic carbocycles. The van der Waals surface area contributed by atoms with E-state index in [0.717, 1.165) is 43.8 Å². The van der Waals surface area contributed by atoms with Gasteiger partial charge in [0.15, 0.2) is 5.82 Å². The van der Waals surface area contributed by atoms with Crippen LogP contribution < -0.4 is 0 Å². The number of imidazole rings is 1. The molecule has 4 bridgehead atoms. The van der Waals surface area contributed by atoms with Gasteiger partial charge in [0.05, 0.1) is 0 Å². The summed E-state index contributed by atoms with van der Waals surface area (Å²) >= 11 is 0. The predicted molar refractivity (Wildman–Crippen MR) is 108 cm³/mol. The first-order valence-corrected chi connectivity index (χ1v) is 11.7. The summed E-state index contributed by atoms with van der Waals surface area (Å²) in [5, 5.41) is 0. The van der Waals surface area contributed by atoms with Crippen molar-refractivity contribution in [3.8, 4) is 0 Å². The molecule has 4 saturated carbocycles. The lowest BCUT2D eigenvalue weighted by molar-refractivity contribution is -0.0621. The molecule has 152 valence electrons. The summed E-state index contributed by atoms with van der Waals surface area (Å²) in [6, 6.07) is 0.568. The minimum Gasteiger partial charge on any atom is -0.334 e. The van der Waals surface area contributed by atoms with Crippen LogP contribution in [0.4, 0.5) is 0 Å². The molecule has 0 spiro atoms. The molecule has 7 rings (SSSR count). The summed E-state index contributed by atoms with van der Waals surface area (Å²) in [6.07, 6.45) is 16.2. The Balaban J connectivity index is 1.17. The lowest BCUT2D eigenvalue weighted by Crippen LogP contribution is -2.48. The highest BCUT2D eigenvalue weighted by molar-refractivity contribution is 5.91. The minimum absolute atomic E-state index is 0.163. The molecular weight excluding hydrogens is 348 g/mol. The van der Waals surface area contributed by atoms with Gasteiger partial charge in [0, 0.05) is 38.1 Å².